The van der Waals surface area contributed by atoms with E-state index in [1.54, 1.807) is 0 Å². The van der Waals surface area contributed by atoms with E-state index in [0.717, 1.165) is 0 Å². The topological polar surface area (TPSA) is 0 Å². The van der Waals surface area contributed by atoms with E-state index in [9.17, 15) is 0 Å². The van der Waals surface area contributed by atoms with Crippen LogP contribution in [0.5, 0.6) is 0 Å². The van der Waals surface area contributed by atoms with Crippen LogP contribution in [0.25, 0.3) is 5.19 Å². The molecule has 1 aromatic carbocycles. The minimum Gasteiger partial charge on any atom is -0.0736 e. The Morgan fingerprint density at radius 3 is 1.52 bits per heavy atom. The predicted octanol–water partition coefficient (Wildman–Crippen LogP) is 0.708. The number of hydrogen-bond donors (Lipinski definition) is 0. The third-order valence-electron chi connectivity index (χ3n) is 3.24. The van der Waals surface area contributed by atoms with Gasteiger partial charge in [0.1, 0.15) is 0 Å². The smallest absolute Gasteiger partial charge is 0.0731 e. The second-order valence-corrected chi connectivity index (χ2v) is 12.0. The molecule has 0 saturated heterocycles. The molecule has 0 spiro atoms. The van der Waals surface area contributed by atoms with Crippen LogP contribution >= 0.6 is 0 Å². The molecule has 7 heteroatoms. The molecule has 0 aliphatic carbocycles. The monoisotopic (exact) mass is 374 g/mol. The van der Waals surface area contributed by atoms with Crippen LogP contribution in [0.1, 0.15) is 32.2 Å². The van der Waals surface area contributed by atoms with Crippen molar-refractivity contribution in [1.29, 1.82) is 0 Å². The first kappa shape index (κ1) is 17.4. The van der Waals surface area contributed by atoms with Crippen LogP contribution in [0, 0.1) is 0 Å². The Morgan fingerprint density at radius 1 is 0.667 bits per heavy atom. The van der Waals surface area contributed by atoms with Crippen LogP contribution < -0.4 is 0 Å². The molecule has 1 aromatic heterocycles. The van der Waals surface area contributed by atoms with E-state index in [4.69, 9.17) is 0 Å². The van der Waals surface area contributed by atoms with Crippen molar-refractivity contribution in [3.05, 3.63) is 58.4 Å². The van der Waals surface area contributed by atoms with Gasteiger partial charge in [0, 0.05) is 61.5 Å². The number of benzene rings is 1. The molecule has 2 rings (SSSR count). The van der Waals surface area contributed by atoms with E-state index in [-0.39, 0.29) is 15.5 Å². The van der Waals surface area contributed by atoms with E-state index < -0.39 is 8.40 Å². The highest BCUT2D eigenvalue weighted by Gasteiger charge is 2.18. The normalized spacial score (nSPS) is 11.7. The molecule has 1 heterocycles. The van der Waals surface area contributed by atoms with Crippen LogP contribution in [0.2, 0.25) is 0 Å². The predicted molar refractivity (Wildman–Crippen MR) is 96.5 cm³/mol. The lowest BCUT2D eigenvalue weighted by molar-refractivity contribution is 1.22. The Labute approximate surface area is 148 Å². The largest absolute Gasteiger partial charge is 0.0736 e. The summed E-state index contributed by atoms with van der Waals surface area (Å²) in [6.45, 7) is 0. The summed E-state index contributed by atoms with van der Waals surface area (Å²) in [5, 5.41) is 1.73. The zero-order chi connectivity index (χ0) is 15.6. The Balaban J connectivity index is 2.77. The minimum absolute atomic E-state index is 0.109. The molecule has 18 radical (unpaired) electrons. The van der Waals surface area contributed by atoms with E-state index in [1.165, 1.54) is 21.9 Å². The first-order valence-electron chi connectivity index (χ1n) is 6.41. The Kier molecular flexibility index (Phi) is 6.29. The molecule has 0 unspecified atom stereocenters. The third kappa shape index (κ3) is 4.09. The molecule has 0 aliphatic rings. The van der Waals surface area contributed by atoms with Crippen LogP contribution in [0.4, 0.5) is 0 Å². The lowest BCUT2D eigenvalue weighted by Gasteiger charge is -2.23. The van der Waals surface area contributed by atoms with E-state index in [2.05, 4.69) is 103 Å². The molecule has 94 valence electrons. The quantitative estimate of drug-likeness (QED) is 0.691. The van der Waals surface area contributed by atoms with Gasteiger partial charge in [0.15, 0.2) is 0 Å². The minimum atomic E-state index is -0.865. The molecule has 0 aliphatic heterocycles. The van der Waals surface area contributed by atoms with Gasteiger partial charge in [-0.3, -0.25) is 0 Å². The summed E-state index contributed by atoms with van der Waals surface area (Å²) in [5.41, 5.74) is 8.35. The Morgan fingerprint density at radius 2 is 1.14 bits per heavy atom. The summed E-state index contributed by atoms with van der Waals surface area (Å²) in [6, 6.07) is 10.8. The highest BCUT2D eigenvalue weighted by Crippen LogP contribution is 2.30. The van der Waals surface area contributed by atoms with Crippen molar-refractivity contribution in [3.8, 4) is 5.19 Å². The molecule has 0 N–H and O–H groups in total. The maximum absolute atomic E-state index is 3.73. The van der Waals surface area contributed by atoms with Gasteiger partial charge >= 0.3 is 0 Å². The fourth-order valence-corrected chi connectivity index (χ4v) is 6.27. The highest BCUT2D eigenvalue weighted by atomic mass is 28.2. The molecule has 0 bridgehead atoms. The molecule has 0 atom stereocenters. The van der Waals surface area contributed by atoms with Crippen molar-refractivity contribution in [1.82, 2.24) is 0 Å². The average molecular weight is 375 g/mol. The Bertz CT molecular complexity index is 579. The van der Waals surface area contributed by atoms with Gasteiger partial charge in [-0.2, -0.15) is 0 Å². The fraction of sp³-hybridized carbons (Fsp3) is 0.214. The van der Waals surface area contributed by atoms with Crippen molar-refractivity contribution in [3.63, 3.8) is 0 Å². The summed E-state index contributed by atoms with van der Waals surface area (Å²) in [6.07, 6.45) is 0. The SMILES string of the molecule is [Si]C([Si])c1cc(C([Si])[Si])c(-[si]2ccccc2)c(C([Si])[Si])c1. The highest BCUT2D eigenvalue weighted by molar-refractivity contribution is 6.65. The van der Waals surface area contributed by atoms with Gasteiger partial charge in [-0.25, -0.2) is 0 Å². The van der Waals surface area contributed by atoms with Gasteiger partial charge in [0.25, 0.3) is 0 Å². The van der Waals surface area contributed by atoms with Crippen LogP contribution in [-0.4, -0.2) is 69.9 Å². The van der Waals surface area contributed by atoms with Crippen molar-refractivity contribution in [2.75, 3.05) is 0 Å². The average Bonchev–Trinajstić information content (AvgIpc) is 2.46. The van der Waals surface area contributed by atoms with Gasteiger partial charge in [-0.15, -0.1) is 0 Å². The van der Waals surface area contributed by atoms with Crippen LogP contribution in [-0.2, 0) is 0 Å². The number of rotatable bonds is 4. The van der Waals surface area contributed by atoms with Gasteiger partial charge in [0.05, 0.1) is 8.40 Å². The molecule has 0 nitrogen and oxygen atoms in total. The second-order valence-electron chi connectivity index (χ2n) is 4.74. The van der Waals surface area contributed by atoms with E-state index in [0.29, 0.717) is 0 Å². The lowest BCUT2D eigenvalue weighted by Crippen LogP contribution is -2.14. The van der Waals surface area contributed by atoms with Gasteiger partial charge in [-0.1, -0.05) is 47.2 Å². The second kappa shape index (κ2) is 7.57. The summed E-state index contributed by atoms with van der Waals surface area (Å²) < 4.78 is 0. The standard InChI is InChI=1S/C14H10Si7/c15-12(16)8-6-9(13(17)18)11(10(7-8)14(19)20)21-4-2-1-3-5-21/h1-7,12-14H. The molecule has 0 saturated carbocycles. The molecular formula is C14H10Si7. The zero-order valence-electron chi connectivity index (χ0n) is 11.3. The molecule has 0 amide bonds. The van der Waals surface area contributed by atoms with Crippen molar-refractivity contribution < 1.29 is 0 Å². The van der Waals surface area contributed by atoms with Crippen molar-refractivity contribution in [2.45, 2.75) is 15.5 Å². The maximum Gasteiger partial charge on any atom is 0.0731 e. The van der Waals surface area contributed by atoms with Gasteiger partial charge in [-0.05, 0) is 31.8 Å². The molecule has 21 heavy (non-hydrogen) atoms. The van der Waals surface area contributed by atoms with Crippen LogP contribution in [0.3, 0.4) is 0 Å². The number of hydrogen-bond acceptors (Lipinski definition) is 0. The van der Waals surface area contributed by atoms with Gasteiger partial charge < -0.3 is 0 Å². The summed E-state index contributed by atoms with van der Waals surface area (Å²) in [4.78, 5) is 0. The van der Waals surface area contributed by atoms with Crippen molar-refractivity contribution in [2.24, 2.45) is 0 Å². The lowest BCUT2D eigenvalue weighted by atomic mass is 10.1. The Hall–Kier alpha value is 0.0882. The maximum atomic E-state index is 3.73. The van der Waals surface area contributed by atoms with Crippen LogP contribution in [0.15, 0.2) is 41.7 Å². The summed E-state index contributed by atoms with van der Waals surface area (Å²) >= 11 is 0. The summed E-state index contributed by atoms with van der Waals surface area (Å²) in [7, 11) is 21.4. The van der Waals surface area contributed by atoms with Crippen molar-refractivity contribution >= 4 is 69.9 Å². The zero-order valence-corrected chi connectivity index (χ0v) is 18.3. The van der Waals surface area contributed by atoms with E-state index in [1.807, 2.05) is 0 Å². The first-order valence-corrected chi connectivity index (χ1v) is 11.5. The molecular weight excluding hydrogens is 365 g/mol. The van der Waals surface area contributed by atoms with E-state index >= 15 is 0 Å². The first-order chi connectivity index (χ1) is 9.91. The third-order valence-corrected chi connectivity index (χ3v) is 7.41. The van der Waals surface area contributed by atoms with Gasteiger partial charge in [0.2, 0.25) is 0 Å². The molecule has 0 fully saturated rings. The fourth-order valence-electron chi connectivity index (χ4n) is 2.27. The summed E-state index contributed by atoms with van der Waals surface area (Å²) in [5.74, 6) is 0. The molecule has 2 aromatic rings.